The largest absolute Gasteiger partial charge is 0.375 e. The highest BCUT2D eigenvalue weighted by Crippen LogP contribution is 2.23. The lowest BCUT2D eigenvalue weighted by Crippen LogP contribution is -2.49. The number of nitrogens with zero attached hydrogens (tertiary/aromatic N) is 2. The van der Waals surface area contributed by atoms with Crippen LogP contribution in [-0.4, -0.2) is 46.8 Å². The zero-order chi connectivity index (χ0) is 21.4. The highest BCUT2D eigenvalue weighted by molar-refractivity contribution is 7.92. The van der Waals surface area contributed by atoms with Gasteiger partial charge in [-0.05, 0) is 44.0 Å². The Morgan fingerprint density at radius 2 is 1.66 bits per heavy atom. The van der Waals surface area contributed by atoms with E-state index in [4.69, 9.17) is 0 Å². The van der Waals surface area contributed by atoms with E-state index >= 15 is 0 Å². The average molecular weight is 418 g/mol. The van der Waals surface area contributed by atoms with Crippen LogP contribution in [-0.2, 0) is 14.8 Å². The predicted molar refractivity (Wildman–Crippen MR) is 120 cm³/mol. The second-order valence-corrected chi connectivity index (χ2v) is 9.08. The molecule has 0 aromatic heterocycles. The van der Waals surface area contributed by atoms with Crippen molar-refractivity contribution in [2.24, 2.45) is 0 Å². The van der Waals surface area contributed by atoms with E-state index in [1.165, 1.54) is 4.31 Å². The van der Waals surface area contributed by atoms with Crippen LogP contribution in [0.3, 0.4) is 0 Å². The highest BCUT2D eigenvalue weighted by atomic mass is 32.2. The number of sulfonamides is 1. The van der Waals surface area contributed by atoms with Gasteiger partial charge in [0.25, 0.3) is 0 Å². The van der Waals surface area contributed by atoms with Gasteiger partial charge in [0, 0.05) is 25.8 Å². The SMILES string of the molecule is CC[C@@H](C(=O)NCCCN(C)c1ccccc1)N(c1ccc(C)cc1)S(C)(=O)=O. The number of hydrogen-bond donors (Lipinski definition) is 1. The summed E-state index contributed by atoms with van der Waals surface area (Å²) < 4.78 is 26.1. The molecule has 0 heterocycles. The molecule has 0 spiro atoms. The summed E-state index contributed by atoms with van der Waals surface area (Å²) in [4.78, 5) is 14.9. The molecule has 0 aliphatic carbocycles. The van der Waals surface area contributed by atoms with Gasteiger partial charge in [0.1, 0.15) is 6.04 Å². The Balaban J connectivity index is 1.99. The number of anilines is 2. The number of carbonyl (C=O) groups excluding carboxylic acids is 1. The molecule has 1 N–H and O–H groups in total. The lowest BCUT2D eigenvalue weighted by atomic mass is 10.1. The van der Waals surface area contributed by atoms with Crippen LogP contribution in [0.2, 0.25) is 0 Å². The van der Waals surface area contributed by atoms with Gasteiger partial charge in [-0.1, -0.05) is 42.8 Å². The van der Waals surface area contributed by atoms with E-state index in [0.29, 0.717) is 18.7 Å². The number of para-hydroxylation sites is 1. The van der Waals surface area contributed by atoms with Crippen molar-refractivity contribution in [3.63, 3.8) is 0 Å². The molecule has 1 amide bonds. The molecule has 7 heteroatoms. The molecule has 2 aromatic rings. The van der Waals surface area contributed by atoms with E-state index in [2.05, 4.69) is 10.2 Å². The Morgan fingerprint density at radius 1 is 1.03 bits per heavy atom. The minimum Gasteiger partial charge on any atom is -0.375 e. The maximum Gasteiger partial charge on any atom is 0.243 e. The molecule has 0 radical (unpaired) electrons. The van der Waals surface area contributed by atoms with Crippen LogP contribution in [0.4, 0.5) is 11.4 Å². The maximum atomic E-state index is 12.8. The van der Waals surface area contributed by atoms with E-state index in [1.807, 2.05) is 63.4 Å². The molecule has 2 aromatic carbocycles. The Morgan fingerprint density at radius 3 is 2.21 bits per heavy atom. The highest BCUT2D eigenvalue weighted by Gasteiger charge is 2.31. The fraction of sp³-hybridized carbons (Fsp3) is 0.409. The summed E-state index contributed by atoms with van der Waals surface area (Å²) in [6.07, 6.45) is 2.28. The van der Waals surface area contributed by atoms with Gasteiger partial charge in [0.2, 0.25) is 15.9 Å². The smallest absolute Gasteiger partial charge is 0.243 e. The van der Waals surface area contributed by atoms with Crippen LogP contribution in [0.25, 0.3) is 0 Å². The van der Waals surface area contributed by atoms with Crippen molar-refractivity contribution in [1.82, 2.24) is 5.32 Å². The lowest BCUT2D eigenvalue weighted by Gasteiger charge is -2.30. The first-order chi connectivity index (χ1) is 13.7. The van der Waals surface area contributed by atoms with Crippen molar-refractivity contribution in [2.45, 2.75) is 32.7 Å². The predicted octanol–water partition coefficient (Wildman–Crippen LogP) is 3.18. The monoisotopic (exact) mass is 417 g/mol. The fourth-order valence-corrected chi connectivity index (χ4v) is 4.42. The summed E-state index contributed by atoms with van der Waals surface area (Å²) in [6, 6.07) is 16.4. The van der Waals surface area contributed by atoms with Crippen LogP contribution < -0.4 is 14.5 Å². The van der Waals surface area contributed by atoms with Gasteiger partial charge in [-0.3, -0.25) is 9.10 Å². The standard InChI is InChI=1S/C22H31N3O3S/c1-5-21(25(29(4,27)28)20-14-12-18(2)13-15-20)22(26)23-16-9-17-24(3)19-10-7-6-8-11-19/h6-8,10-15,21H,5,9,16-17H2,1-4H3,(H,23,26)/t21-/m0/s1. The topological polar surface area (TPSA) is 69.7 Å². The Hall–Kier alpha value is -2.54. The van der Waals surface area contributed by atoms with E-state index in [-0.39, 0.29) is 5.91 Å². The molecule has 0 bridgehead atoms. The number of aryl methyl sites for hydroxylation is 1. The Labute approximate surface area is 174 Å². The molecule has 0 saturated heterocycles. The van der Waals surface area contributed by atoms with Crippen LogP contribution in [0.1, 0.15) is 25.3 Å². The molecular weight excluding hydrogens is 386 g/mol. The molecule has 29 heavy (non-hydrogen) atoms. The Kier molecular flexibility index (Phi) is 8.08. The minimum atomic E-state index is -3.60. The van der Waals surface area contributed by atoms with E-state index in [1.54, 1.807) is 12.1 Å². The van der Waals surface area contributed by atoms with Crippen molar-refractivity contribution in [1.29, 1.82) is 0 Å². The molecular formula is C22H31N3O3S. The summed E-state index contributed by atoms with van der Waals surface area (Å²) >= 11 is 0. The van der Waals surface area contributed by atoms with Gasteiger partial charge in [-0.25, -0.2) is 8.42 Å². The van der Waals surface area contributed by atoms with Crippen LogP contribution in [0, 0.1) is 6.92 Å². The summed E-state index contributed by atoms with van der Waals surface area (Å²) in [5.74, 6) is -0.277. The van der Waals surface area contributed by atoms with Crippen molar-refractivity contribution in [3.05, 3.63) is 60.2 Å². The zero-order valence-electron chi connectivity index (χ0n) is 17.6. The quantitative estimate of drug-likeness (QED) is 0.603. The third kappa shape index (κ3) is 6.49. The summed E-state index contributed by atoms with van der Waals surface area (Å²) in [5.41, 5.74) is 2.65. The molecule has 0 unspecified atom stereocenters. The maximum absolute atomic E-state index is 12.8. The summed E-state index contributed by atoms with van der Waals surface area (Å²) in [7, 11) is -1.59. The first kappa shape index (κ1) is 22.7. The summed E-state index contributed by atoms with van der Waals surface area (Å²) in [5, 5.41) is 2.90. The molecule has 0 saturated carbocycles. The number of benzene rings is 2. The molecule has 0 fully saturated rings. The third-order valence-corrected chi connectivity index (χ3v) is 5.96. The molecule has 0 aliphatic heterocycles. The number of carbonyl (C=O) groups is 1. The van der Waals surface area contributed by atoms with Crippen LogP contribution in [0.5, 0.6) is 0 Å². The van der Waals surface area contributed by atoms with E-state index in [0.717, 1.165) is 30.5 Å². The van der Waals surface area contributed by atoms with Crippen molar-refractivity contribution >= 4 is 27.3 Å². The first-order valence-electron chi connectivity index (χ1n) is 9.84. The van der Waals surface area contributed by atoms with Crippen molar-refractivity contribution in [2.75, 3.05) is 35.6 Å². The first-order valence-corrected chi connectivity index (χ1v) is 11.7. The molecule has 1 atom stereocenters. The second-order valence-electron chi connectivity index (χ2n) is 7.22. The third-order valence-electron chi connectivity index (χ3n) is 4.78. The average Bonchev–Trinajstić information content (AvgIpc) is 2.69. The van der Waals surface area contributed by atoms with Crippen molar-refractivity contribution in [3.8, 4) is 0 Å². The van der Waals surface area contributed by atoms with E-state index < -0.39 is 16.1 Å². The number of amides is 1. The normalized spacial score (nSPS) is 12.3. The second kappa shape index (κ2) is 10.3. The van der Waals surface area contributed by atoms with E-state index in [9.17, 15) is 13.2 Å². The van der Waals surface area contributed by atoms with Gasteiger partial charge in [0.15, 0.2) is 0 Å². The van der Waals surface area contributed by atoms with Gasteiger partial charge in [-0.2, -0.15) is 0 Å². The number of hydrogen-bond acceptors (Lipinski definition) is 4. The minimum absolute atomic E-state index is 0.277. The molecule has 2 rings (SSSR count). The van der Waals surface area contributed by atoms with Crippen molar-refractivity contribution < 1.29 is 13.2 Å². The van der Waals surface area contributed by atoms with Gasteiger partial charge < -0.3 is 10.2 Å². The lowest BCUT2D eigenvalue weighted by molar-refractivity contribution is -0.122. The fourth-order valence-electron chi connectivity index (χ4n) is 3.21. The molecule has 158 valence electrons. The van der Waals surface area contributed by atoms with Crippen LogP contribution in [0.15, 0.2) is 54.6 Å². The molecule has 0 aliphatic rings. The number of nitrogens with one attached hydrogen (secondary N) is 1. The van der Waals surface area contributed by atoms with Gasteiger partial charge >= 0.3 is 0 Å². The summed E-state index contributed by atoms with van der Waals surface area (Å²) in [6.45, 7) is 5.03. The van der Waals surface area contributed by atoms with Gasteiger partial charge in [-0.15, -0.1) is 0 Å². The van der Waals surface area contributed by atoms with Gasteiger partial charge in [0.05, 0.1) is 11.9 Å². The zero-order valence-corrected chi connectivity index (χ0v) is 18.4. The Bertz CT molecular complexity index is 883. The van der Waals surface area contributed by atoms with Crippen LogP contribution >= 0.6 is 0 Å². The number of rotatable bonds is 10. The molecule has 6 nitrogen and oxygen atoms in total.